The third-order valence-electron chi connectivity index (χ3n) is 3.27. The van der Waals surface area contributed by atoms with Crippen molar-refractivity contribution in [2.45, 2.75) is 45.6 Å². The van der Waals surface area contributed by atoms with Gasteiger partial charge >= 0.3 is 0 Å². The molecule has 1 saturated heterocycles. The van der Waals surface area contributed by atoms with E-state index >= 15 is 0 Å². The van der Waals surface area contributed by atoms with Crippen LogP contribution in [-0.4, -0.2) is 35.1 Å². The van der Waals surface area contributed by atoms with Crippen LogP contribution < -0.4 is 10.2 Å². The Labute approximate surface area is 110 Å². The van der Waals surface area contributed by atoms with Gasteiger partial charge in [0.15, 0.2) is 0 Å². The molecule has 0 atom stereocenters. The van der Waals surface area contributed by atoms with Crippen molar-refractivity contribution in [2.75, 3.05) is 24.5 Å². The minimum Gasteiger partial charge on any atom is -0.338 e. The van der Waals surface area contributed by atoms with Gasteiger partial charge in [0.25, 0.3) is 0 Å². The van der Waals surface area contributed by atoms with Gasteiger partial charge in [0.05, 0.1) is 5.69 Å². The van der Waals surface area contributed by atoms with Crippen molar-refractivity contribution < 1.29 is 0 Å². The summed E-state index contributed by atoms with van der Waals surface area (Å²) >= 11 is 0. The monoisotopic (exact) mass is 248 g/mol. The minimum atomic E-state index is 0.0707. The molecule has 2 heterocycles. The molecule has 2 rings (SSSR count). The van der Waals surface area contributed by atoms with Crippen molar-refractivity contribution in [2.24, 2.45) is 0 Å². The van der Waals surface area contributed by atoms with Gasteiger partial charge in [-0.25, -0.2) is 9.97 Å². The molecule has 1 aliphatic heterocycles. The zero-order valence-electron chi connectivity index (χ0n) is 12.1. The van der Waals surface area contributed by atoms with E-state index < -0.39 is 0 Å². The SMILES string of the molecule is CC1(C)CN(c2nccc(C(C)(C)C)n2)CCN1. The average molecular weight is 248 g/mol. The molecule has 0 spiro atoms. The Hall–Kier alpha value is -1.16. The molecule has 1 aromatic heterocycles. The van der Waals surface area contributed by atoms with Gasteiger partial charge in [-0.3, -0.25) is 0 Å². The van der Waals surface area contributed by atoms with Crippen LogP contribution in [0.4, 0.5) is 5.95 Å². The van der Waals surface area contributed by atoms with E-state index in [0.717, 1.165) is 31.3 Å². The van der Waals surface area contributed by atoms with Crippen molar-refractivity contribution in [1.29, 1.82) is 0 Å². The second-order valence-corrected chi connectivity index (χ2v) is 6.72. The predicted molar refractivity (Wildman–Crippen MR) is 75.0 cm³/mol. The lowest BCUT2D eigenvalue weighted by Crippen LogP contribution is -2.57. The van der Waals surface area contributed by atoms with Crippen molar-refractivity contribution in [3.05, 3.63) is 18.0 Å². The lowest BCUT2D eigenvalue weighted by Gasteiger charge is -2.39. The van der Waals surface area contributed by atoms with Gasteiger partial charge < -0.3 is 10.2 Å². The second-order valence-electron chi connectivity index (χ2n) is 6.72. The number of piperazine rings is 1. The van der Waals surface area contributed by atoms with E-state index in [1.54, 1.807) is 0 Å². The Bertz CT molecular complexity index is 420. The van der Waals surface area contributed by atoms with E-state index in [-0.39, 0.29) is 11.0 Å². The Morgan fingerprint density at radius 1 is 1.33 bits per heavy atom. The fourth-order valence-electron chi connectivity index (χ4n) is 2.23. The van der Waals surface area contributed by atoms with Gasteiger partial charge in [0.1, 0.15) is 0 Å². The predicted octanol–water partition coefficient (Wildman–Crippen LogP) is 1.96. The normalized spacial score (nSPS) is 19.9. The van der Waals surface area contributed by atoms with Crippen LogP contribution in [0.5, 0.6) is 0 Å². The number of anilines is 1. The summed E-state index contributed by atoms with van der Waals surface area (Å²) in [6.07, 6.45) is 1.87. The summed E-state index contributed by atoms with van der Waals surface area (Å²) in [6.45, 7) is 13.9. The highest BCUT2D eigenvalue weighted by Crippen LogP contribution is 2.22. The molecular formula is C14H24N4. The second kappa shape index (κ2) is 4.50. The van der Waals surface area contributed by atoms with E-state index in [1.807, 2.05) is 12.3 Å². The van der Waals surface area contributed by atoms with Gasteiger partial charge in [-0.2, -0.15) is 0 Å². The number of hydrogen-bond donors (Lipinski definition) is 1. The number of nitrogens with one attached hydrogen (secondary N) is 1. The van der Waals surface area contributed by atoms with Gasteiger partial charge in [-0.1, -0.05) is 20.8 Å². The quantitative estimate of drug-likeness (QED) is 0.825. The number of hydrogen-bond acceptors (Lipinski definition) is 4. The molecule has 1 N–H and O–H groups in total. The zero-order chi connectivity index (χ0) is 13.4. The van der Waals surface area contributed by atoms with Crippen LogP contribution in [0.2, 0.25) is 0 Å². The fourth-order valence-corrected chi connectivity index (χ4v) is 2.23. The molecule has 18 heavy (non-hydrogen) atoms. The molecular weight excluding hydrogens is 224 g/mol. The summed E-state index contributed by atoms with van der Waals surface area (Å²) in [6, 6.07) is 2.01. The highest BCUT2D eigenvalue weighted by Gasteiger charge is 2.27. The third-order valence-corrected chi connectivity index (χ3v) is 3.27. The van der Waals surface area contributed by atoms with Gasteiger partial charge in [-0.15, -0.1) is 0 Å². The molecule has 0 aliphatic carbocycles. The Kier molecular flexibility index (Phi) is 3.32. The molecule has 0 saturated carbocycles. The first kappa shape index (κ1) is 13.3. The summed E-state index contributed by atoms with van der Waals surface area (Å²) in [5, 5.41) is 3.51. The summed E-state index contributed by atoms with van der Waals surface area (Å²) in [5.41, 5.74) is 1.30. The highest BCUT2D eigenvalue weighted by atomic mass is 15.3. The van der Waals surface area contributed by atoms with E-state index in [1.165, 1.54) is 0 Å². The van der Waals surface area contributed by atoms with E-state index in [9.17, 15) is 0 Å². The Balaban J connectivity index is 2.23. The molecule has 4 nitrogen and oxygen atoms in total. The molecule has 1 fully saturated rings. The van der Waals surface area contributed by atoms with Crippen LogP contribution in [-0.2, 0) is 5.41 Å². The summed E-state index contributed by atoms with van der Waals surface area (Å²) in [4.78, 5) is 11.4. The fraction of sp³-hybridized carbons (Fsp3) is 0.714. The highest BCUT2D eigenvalue weighted by molar-refractivity contribution is 5.33. The standard InChI is InChI=1S/C14H24N4/c1-13(2,3)11-6-7-15-12(17-11)18-9-8-16-14(4,5)10-18/h6-7,16H,8-10H2,1-5H3. The number of nitrogens with zero attached hydrogens (tertiary/aromatic N) is 3. The van der Waals surface area contributed by atoms with E-state index in [4.69, 9.17) is 4.98 Å². The van der Waals surface area contributed by atoms with Crippen molar-refractivity contribution >= 4 is 5.95 Å². The maximum Gasteiger partial charge on any atom is 0.225 e. The Morgan fingerprint density at radius 3 is 2.67 bits per heavy atom. The zero-order valence-corrected chi connectivity index (χ0v) is 12.1. The van der Waals surface area contributed by atoms with Gasteiger partial charge in [0.2, 0.25) is 5.95 Å². The molecule has 0 aromatic carbocycles. The van der Waals surface area contributed by atoms with Crippen LogP contribution in [0.25, 0.3) is 0 Å². The molecule has 0 amide bonds. The van der Waals surface area contributed by atoms with Crippen LogP contribution in [0, 0.1) is 0 Å². The Morgan fingerprint density at radius 2 is 2.06 bits per heavy atom. The first-order valence-electron chi connectivity index (χ1n) is 6.61. The summed E-state index contributed by atoms with van der Waals surface area (Å²) in [5.74, 6) is 0.858. The van der Waals surface area contributed by atoms with E-state index in [2.05, 4.69) is 49.8 Å². The lowest BCUT2D eigenvalue weighted by molar-refractivity contribution is 0.350. The van der Waals surface area contributed by atoms with Gasteiger partial charge in [-0.05, 0) is 19.9 Å². The molecule has 0 unspecified atom stereocenters. The first-order chi connectivity index (χ1) is 8.28. The maximum atomic E-state index is 4.72. The van der Waals surface area contributed by atoms with Crippen LogP contribution in [0.15, 0.2) is 12.3 Å². The van der Waals surface area contributed by atoms with Crippen molar-refractivity contribution in [3.63, 3.8) is 0 Å². The van der Waals surface area contributed by atoms with Crippen LogP contribution in [0.3, 0.4) is 0 Å². The third kappa shape index (κ3) is 2.99. The summed E-state index contributed by atoms with van der Waals surface area (Å²) in [7, 11) is 0. The first-order valence-corrected chi connectivity index (χ1v) is 6.61. The molecule has 0 bridgehead atoms. The largest absolute Gasteiger partial charge is 0.338 e. The molecule has 1 aromatic rings. The molecule has 4 heteroatoms. The molecule has 100 valence electrons. The topological polar surface area (TPSA) is 41.1 Å². The number of aromatic nitrogens is 2. The maximum absolute atomic E-state index is 4.72. The number of rotatable bonds is 1. The van der Waals surface area contributed by atoms with Crippen LogP contribution >= 0.6 is 0 Å². The summed E-state index contributed by atoms with van der Waals surface area (Å²) < 4.78 is 0. The van der Waals surface area contributed by atoms with Crippen molar-refractivity contribution in [3.8, 4) is 0 Å². The van der Waals surface area contributed by atoms with E-state index in [0.29, 0.717) is 0 Å². The van der Waals surface area contributed by atoms with Crippen LogP contribution in [0.1, 0.15) is 40.3 Å². The molecule has 0 radical (unpaired) electrons. The minimum absolute atomic E-state index is 0.0707. The smallest absolute Gasteiger partial charge is 0.225 e. The van der Waals surface area contributed by atoms with Crippen molar-refractivity contribution in [1.82, 2.24) is 15.3 Å². The van der Waals surface area contributed by atoms with Gasteiger partial charge in [0, 0.05) is 36.8 Å². The lowest BCUT2D eigenvalue weighted by atomic mass is 9.92. The molecule has 1 aliphatic rings. The average Bonchev–Trinajstić information content (AvgIpc) is 2.27.